The molecule has 0 aliphatic carbocycles. The van der Waals surface area contributed by atoms with Gasteiger partial charge in [0.15, 0.2) is 0 Å². The van der Waals surface area contributed by atoms with E-state index in [4.69, 9.17) is 17.3 Å². The molecule has 5 nitrogen and oxygen atoms in total. The Labute approximate surface area is 111 Å². The van der Waals surface area contributed by atoms with Crippen molar-refractivity contribution in [2.45, 2.75) is 13.3 Å². The highest BCUT2D eigenvalue weighted by Crippen LogP contribution is 2.21. The molecule has 0 heterocycles. The van der Waals surface area contributed by atoms with Crippen molar-refractivity contribution in [1.82, 2.24) is 5.32 Å². The van der Waals surface area contributed by atoms with E-state index in [-0.39, 0.29) is 24.8 Å². The smallest absolute Gasteiger partial charge is 0.253 e. The zero-order valence-corrected chi connectivity index (χ0v) is 10.9. The zero-order valence-electron chi connectivity index (χ0n) is 10.1. The van der Waals surface area contributed by atoms with Gasteiger partial charge in [0.25, 0.3) is 5.91 Å². The van der Waals surface area contributed by atoms with Crippen molar-refractivity contribution >= 4 is 29.1 Å². The number of hydrogen-bond acceptors (Lipinski definition) is 3. The fraction of sp³-hybridized carbons (Fsp3) is 0.333. The summed E-state index contributed by atoms with van der Waals surface area (Å²) in [5.41, 5.74) is 6.07. The number of halogens is 1. The fourth-order valence-electron chi connectivity index (χ4n) is 1.42. The first-order chi connectivity index (χ1) is 8.58. The summed E-state index contributed by atoms with van der Waals surface area (Å²) in [6.45, 7) is 2.58. The van der Waals surface area contributed by atoms with Crippen LogP contribution in [-0.4, -0.2) is 24.9 Å². The largest absolute Gasteiger partial charge is 0.352 e. The summed E-state index contributed by atoms with van der Waals surface area (Å²) in [6, 6.07) is 4.72. The standard InChI is InChI=1S/C12H16ClN3O2/c1-2-15-12(18)9-4-3-8(13)7-10(9)16-11(17)5-6-14/h3-4,7H,2,5-6,14H2,1H3,(H,15,18)(H,16,17). The molecule has 0 radical (unpaired) electrons. The molecule has 0 saturated heterocycles. The van der Waals surface area contributed by atoms with Gasteiger partial charge in [-0.15, -0.1) is 0 Å². The number of benzene rings is 1. The van der Waals surface area contributed by atoms with E-state index in [0.717, 1.165) is 0 Å². The lowest BCUT2D eigenvalue weighted by Crippen LogP contribution is -2.25. The predicted molar refractivity (Wildman–Crippen MR) is 71.8 cm³/mol. The van der Waals surface area contributed by atoms with E-state index in [1.165, 1.54) is 0 Å². The van der Waals surface area contributed by atoms with Crippen molar-refractivity contribution in [3.05, 3.63) is 28.8 Å². The molecule has 18 heavy (non-hydrogen) atoms. The van der Waals surface area contributed by atoms with Crippen molar-refractivity contribution < 1.29 is 9.59 Å². The minimum absolute atomic E-state index is 0.196. The van der Waals surface area contributed by atoms with Crippen LogP contribution in [0.4, 0.5) is 5.69 Å². The van der Waals surface area contributed by atoms with E-state index < -0.39 is 0 Å². The summed E-state index contributed by atoms with van der Waals surface area (Å²) in [5, 5.41) is 5.75. The Bertz CT molecular complexity index is 449. The van der Waals surface area contributed by atoms with Crippen LogP contribution in [0, 0.1) is 0 Å². The molecule has 98 valence electrons. The van der Waals surface area contributed by atoms with Crippen LogP contribution in [0.15, 0.2) is 18.2 Å². The van der Waals surface area contributed by atoms with Crippen LogP contribution in [0.5, 0.6) is 0 Å². The molecule has 1 aromatic rings. The Morgan fingerprint density at radius 2 is 2.11 bits per heavy atom. The average Bonchev–Trinajstić information content (AvgIpc) is 2.29. The molecule has 6 heteroatoms. The highest BCUT2D eigenvalue weighted by atomic mass is 35.5. The number of carbonyl (C=O) groups is 2. The van der Waals surface area contributed by atoms with Gasteiger partial charge in [-0.05, 0) is 25.1 Å². The van der Waals surface area contributed by atoms with Crippen LogP contribution >= 0.6 is 11.6 Å². The first-order valence-electron chi connectivity index (χ1n) is 5.66. The van der Waals surface area contributed by atoms with Crippen LogP contribution in [0.3, 0.4) is 0 Å². The third kappa shape index (κ3) is 4.01. The highest BCUT2D eigenvalue weighted by Gasteiger charge is 2.13. The van der Waals surface area contributed by atoms with Gasteiger partial charge in [-0.3, -0.25) is 9.59 Å². The Morgan fingerprint density at radius 3 is 2.72 bits per heavy atom. The lowest BCUT2D eigenvalue weighted by molar-refractivity contribution is -0.116. The van der Waals surface area contributed by atoms with Gasteiger partial charge in [0, 0.05) is 24.5 Å². The van der Waals surface area contributed by atoms with Crippen molar-refractivity contribution in [3.63, 3.8) is 0 Å². The minimum atomic E-state index is -0.253. The lowest BCUT2D eigenvalue weighted by atomic mass is 10.1. The van der Waals surface area contributed by atoms with Crippen molar-refractivity contribution in [3.8, 4) is 0 Å². The molecule has 0 aliphatic heterocycles. The maximum absolute atomic E-state index is 11.8. The number of nitrogens with one attached hydrogen (secondary N) is 2. The third-order valence-electron chi connectivity index (χ3n) is 2.21. The summed E-state index contributed by atoms with van der Waals surface area (Å²) in [5.74, 6) is -0.498. The van der Waals surface area contributed by atoms with Gasteiger partial charge in [-0.1, -0.05) is 11.6 Å². The molecule has 1 rings (SSSR count). The molecule has 4 N–H and O–H groups in total. The molecular weight excluding hydrogens is 254 g/mol. The lowest BCUT2D eigenvalue weighted by Gasteiger charge is -2.11. The molecule has 1 aromatic carbocycles. The van der Waals surface area contributed by atoms with E-state index in [1.54, 1.807) is 18.2 Å². The van der Waals surface area contributed by atoms with Gasteiger partial charge in [0.05, 0.1) is 11.3 Å². The predicted octanol–water partition coefficient (Wildman–Crippen LogP) is 1.38. The highest BCUT2D eigenvalue weighted by molar-refractivity contribution is 6.31. The summed E-state index contributed by atoms with van der Waals surface area (Å²) in [7, 11) is 0. The van der Waals surface area contributed by atoms with Crippen LogP contribution < -0.4 is 16.4 Å². The quantitative estimate of drug-likeness (QED) is 0.755. The third-order valence-corrected chi connectivity index (χ3v) is 2.44. The topological polar surface area (TPSA) is 84.2 Å². The second-order valence-corrected chi connectivity index (χ2v) is 4.07. The molecule has 0 fully saturated rings. The van der Waals surface area contributed by atoms with E-state index in [1.807, 2.05) is 6.92 Å². The minimum Gasteiger partial charge on any atom is -0.352 e. The van der Waals surface area contributed by atoms with Crippen LogP contribution in [0.1, 0.15) is 23.7 Å². The number of hydrogen-bond donors (Lipinski definition) is 3. The monoisotopic (exact) mass is 269 g/mol. The molecule has 0 spiro atoms. The first kappa shape index (κ1) is 14.5. The maximum atomic E-state index is 11.8. The Kier molecular flexibility index (Phi) is 5.61. The van der Waals surface area contributed by atoms with Crippen molar-refractivity contribution in [2.24, 2.45) is 5.73 Å². The van der Waals surface area contributed by atoms with Crippen LogP contribution in [0.25, 0.3) is 0 Å². The molecule has 0 atom stereocenters. The fourth-order valence-corrected chi connectivity index (χ4v) is 1.59. The molecule has 0 aliphatic rings. The number of nitrogens with two attached hydrogens (primary N) is 1. The van der Waals surface area contributed by atoms with E-state index in [9.17, 15) is 9.59 Å². The maximum Gasteiger partial charge on any atom is 0.253 e. The summed E-state index contributed by atoms with van der Waals surface area (Å²) in [4.78, 5) is 23.3. The molecule has 0 aromatic heterocycles. The Hall–Kier alpha value is -1.59. The van der Waals surface area contributed by atoms with Crippen LogP contribution in [-0.2, 0) is 4.79 Å². The second kappa shape index (κ2) is 6.98. The van der Waals surface area contributed by atoms with Gasteiger partial charge in [0.1, 0.15) is 0 Å². The average molecular weight is 270 g/mol. The number of rotatable bonds is 5. The van der Waals surface area contributed by atoms with Crippen molar-refractivity contribution in [1.29, 1.82) is 0 Å². The normalized spacial score (nSPS) is 9.94. The Morgan fingerprint density at radius 1 is 1.39 bits per heavy atom. The molecule has 0 bridgehead atoms. The summed E-state index contributed by atoms with van der Waals surface area (Å²) < 4.78 is 0. The molecule has 2 amide bonds. The van der Waals surface area contributed by atoms with Crippen LogP contribution in [0.2, 0.25) is 5.02 Å². The SMILES string of the molecule is CCNC(=O)c1ccc(Cl)cc1NC(=O)CCN. The molecule has 0 unspecified atom stereocenters. The number of carbonyl (C=O) groups excluding carboxylic acids is 2. The van der Waals surface area contributed by atoms with Crippen molar-refractivity contribution in [2.75, 3.05) is 18.4 Å². The second-order valence-electron chi connectivity index (χ2n) is 3.64. The van der Waals surface area contributed by atoms with Gasteiger partial charge < -0.3 is 16.4 Å². The molecule has 0 saturated carbocycles. The summed E-state index contributed by atoms with van der Waals surface area (Å²) in [6.07, 6.45) is 0.196. The Balaban J connectivity index is 2.96. The number of amides is 2. The number of anilines is 1. The zero-order chi connectivity index (χ0) is 13.5. The first-order valence-corrected chi connectivity index (χ1v) is 6.04. The molecular formula is C12H16ClN3O2. The van der Waals surface area contributed by atoms with Gasteiger partial charge in [-0.2, -0.15) is 0 Å². The summed E-state index contributed by atoms with van der Waals surface area (Å²) >= 11 is 5.85. The van der Waals surface area contributed by atoms with E-state index in [0.29, 0.717) is 22.8 Å². The van der Waals surface area contributed by atoms with Gasteiger partial charge >= 0.3 is 0 Å². The van der Waals surface area contributed by atoms with E-state index >= 15 is 0 Å². The van der Waals surface area contributed by atoms with Gasteiger partial charge in [-0.25, -0.2) is 0 Å². The van der Waals surface area contributed by atoms with Gasteiger partial charge in [0.2, 0.25) is 5.91 Å². The van der Waals surface area contributed by atoms with E-state index in [2.05, 4.69) is 10.6 Å².